The van der Waals surface area contributed by atoms with Gasteiger partial charge >= 0.3 is 0 Å². The van der Waals surface area contributed by atoms with E-state index in [0.717, 1.165) is 32.4 Å². The SMILES string of the molecule is OCC1CCCC1Nc1nc(Cl)nc(N2CCCCC2)n1. The fourth-order valence-corrected chi connectivity index (χ4v) is 3.41. The van der Waals surface area contributed by atoms with Gasteiger partial charge in [-0.05, 0) is 43.7 Å². The van der Waals surface area contributed by atoms with Crippen molar-refractivity contribution in [3.8, 4) is 0 Å². The highest BCUT2D eigenvalue weighted by atomic mass is 35.5. The number of aromatic nitrogens is 3. The van der Waals surface area contributed by atoms with E-state index in [2.05, 4.69) is 25.2 Å². The Morgan fingerprint density at radius 1 is 1.10 bits per heavy atom. The second-order valence-corrected chi connectivity index (χ2v) is 6.24. The van der Waals surface area contributed by atoms with E-state index in [9.17, 15) is 5.11 Å². The second kappa shape index (κ2) is 6.75. The maximum absolute atomic E-state index is 9.40. The lowest BCUT2D eigenvalue weighted by Crippen LogP contribution is -2.32. The van der Waals surface area contributed by atoms with Crippen LogP contribution in [0.15, 0.2) is 0 Å². The molecular weight excluding hydrogens is 290 g/mol. The standard InChI is InChI=1S/C14H22ClN5O/c15-12-17-13(16-11-6-4-5-10(11)9-21)19-14(18-12)20-7-2-1-3-8-20/h10-11,21H,1-9H2,(H,16,17,18,19). The molecule has 1 aliphatic carbocycles. The van der Waals surface area contributed by atoms with Gasteiger partial charge in [-0.3, -0.25) is 0 Å². The van der Waals surface area contributed by atoms with Gasteiger partial charge < -0.3 is 15.3 Å². The average molecular weight is 312 g/mol. The van der Waals surface area contributed by atoms with Crippen LogP contribution in [0.1, 0.15) is 38.5 Å². The van der Waals surface area contributed by atoms with Crippen molar-refractivity contribution in [1.29, 1.82) is 0 Å². The molecule has 1 aromatic heterocycles. The number of nitrogens with zero attached hydrogens (tertiary/aromatic N) is 4. The number of hydrogen-bond acceptors (Lipinski definition) is 6. The predicted octanol–water partition coefficient (Wildman–Crippen LogP) is 2.09. The summed E-state index contributed by atoms with van der Waals surface area (Å²) >= 11 is 6.05. The number of rotatable bonds is 4. The van der Waals surface area contributed by atoms with Crippen molar-refractivity contribution in [2.24, 2.45) is 5.92 Å². The Balaban J connectivity index is 1.74. The molecule has 0 bridgehead atoms. The molecule has 0 aromatic carbocycles. The normalized spacial score (nSPS) is 26.1. The van der Waals surface area contributed by atoms with Crippen LogP contribution in [0.25, 0.3) is 0 Å². The molecule has 2 N–H and O–H groups in total. The highest BCUT2D eigenvalue weighted by Crippen LogP contribution is 2.28. The zero-order valence-corrected chi connectivity index (χ0v) is 12.9. The summed E-state index contributed by atoms with van der Waals surface area (Å²) in [5.74, 6) is 1.47. The van der Waals surface area contributed by atoms with Gasteiger partial charge in [0, 0.05) is 31.7 Å². The van der Waals surface area contributed by atoms with Crippen LogP contribution in [0.3, 0.4) is 0 Å². The molecular formula is C14H22ClN5O. The molecule has 0 amide bonds. The van der Waals surface area contributed by atoms with E-state index in [1.807, 2.05) is 0 Å². The Hall–Kier alpha value is -1.14. The predicted molar refractivity (Wildman–Crippen MR) is 82.7 cm³/mol. The molecule has 6 nitrogen and oxygen atoms in total. The molecule has 2 aliphatic rings. The molecule has 1 saturated heterocycles. The fourth-order valence-electron chi connectivity index (χ4n) is 3.25. The van der Waals surface area contributed by atoms with Crippen molar-refractivity contribution in [3.63, 3.8) is 0 Å². The quantitative estimate of drug-likeness (QED) is 0.887. The van der Waals surface area contributed by atoms with Gasteiger partial charge in [0.2, 0.25) is 17.2 Å². The molecule has 3 rings (SSSR count). The highest BCUT2D eigenvalue weighted by molar-refractivity contribution is 6.28. The first-order valence-corrected chi connectivity index (χ1v) is 8.18. The molecule has 0 spiro atoms. The summed E-state index contributed by atoms with van der Waals surface area (Å²) in [6.45, 7) is 2.15. The molecule has 1 saturated carbocycles. The maximum atomic E-state index is 9.40. The summed E-state index contributed by atoms with van der Waals surface area (Å²) in [4.78, 5) is 15.1. The first-order valence-electron chi connectivity index (χ1n) is 7.80. The molecule has 1 aliphatic heterocycles. The van der Waals surface area contributed by atoms with Crippen molar-refractivity contribution >= 4 is 23.5 Å². The number of nitrogens with one attached hydrogen (secondary N) is 1. The maximum Gasteiger partial charge on any atom is 0.231 e. The van der Waals surface area contributed by atoms with Crippen molar-refractivity contribution in [1.82, 2.24) is 15.0 Å². The van der Waals surface area contributed by atoms with Gasteiger partial charge in [-0.2, -0.15) is 15.0 Å². The van der Waals surface area contributed by atoms with E-state index in [1.165, 1.54) is 19.3 Å². The number of halogens is 1. The largest absolute Gasteiger partial charge is 0.396 e. The van der Waals surface area contributed by atoms with Crippen molar-refractivity contribution < 1.29 is 5.11 Å². The summed E-state index contributed by atoms with van der Waals surface area (Å²) in [6.07, 6.45) is 6.81. The van der Waals surface area contributed by atoms with Crippen molar-refractivity contribution in [2.75, 3.05) is 29.9 Å². The van der Waals surface area contributed by atoms with Gasteiger partial charge in [-0.25, -0.2) is 0 Å². The Bertz CT molecular complexity index is 480. The third kappa shape index (κ3) is 3.55. The molecule has 2 heterocycles. The van der Waals surface area contributed by atoms with Crippen LogP contribution in [0.2, 0.25) is 5.28 Å². The van der Waals surface area contributed by atoms with Gasteiger partial charge in [0.15, 0.2) is 0 Å². The number of aliphatic hydroxyl groups excluding tert-OH is 1. The molecule has 2 unspecified atom stereocenters. The first kappa shape index (κ1) is 14.8. The van der Waals surface area contributed by atoms with E-state index in [-0.39, 0.29) is 23.9 Å². The lowest BCUT2D eigenvalue weighted by Gasteiger charge is -2.27. The zero-order chi connectivity index (χ0) is 14.7. The Kier molecular flexibility index (Phi) is 4.75. The molecule has 0 radical (unpaired) electrons. The minimum atomic E-state index is 0.204. The summed E-state index contributed by atoms with van der Waals surface area (Å²) in [5.41, 5.74) is 0. The van der Waals surface area contributed by atoms with Gasteiger partial charge in [0.05, 0.1) is 0 Å². The van der Waals surface area contributed by atoms with Crippen LogP contribution in [0, 0.1) is 5.92 Å². The number of anilines is 2. The van der Waals surface area contributed by atoms with Crippen LogP contribution in [0.5, 0.6) is 0 Å². The number of piperidine rings is 1. The summed E-state index contributed by atoms with van der Waals surface area (Å²) < 4.78 is 0. The first-order chi connectivity index (χ1) is 10.3. The van der Waals surface area contributed by atoms with Gasteiger partial charge in [-0.15, -0.1) is 0 Å². The van der Waals surface area contributed by atoms with Gasteiger partial charge in [-0.1, -0.05) is 6.42 Å². The van der Waals surface area contributed by atoms with Crippen LogP contribution in [0.4, 0.5) is 11.9 Å². The van der Waals surface area contributed by atoms with Crippen molar-refractivity contribution in [2.45, 2.75) is 44.6 Å². The zero-order valence-electron chi connectivity index (χ0n) is 12.1. The summed E-state index contributed by atoms with van der Waals surface area (Å²) in [6, 6.07) is 0.225. The van der Waals surface area contributed by atoms with Crippen LogP contribution in [-0.4, -0.2) is 45.8 Å². The van der Waals surface area contributed by atoms with E-state index >= 15 is 0 Å². The van der Waals surface area contributed by atoms with Crippen LogP contribution < -0.4 is 10.2 Å². The highest BCUT2D eigenvalue weighted by Gasteiger charge is 2.27. The Morgan fingerprint density at radius 3 is 2.67 bits per heavy atom. The molecule has 116 valence electrons. The van der Waals surface area contributed by atoms with Crippen LogP contribution in [-0.2, 0) is 0 Å². The minimum Gasteiger partial charge on any atom is -0.396 e. The molecule has 2 fully saturated rings. The average Bonchev–Trinajstić information content (AvgIpc) is 2.95. The minimum absolute atomic E-state index is 0.204. The van der Waals surface area contributed by atoms with Gasteiger partial charge in [0.25, 0.3) is 0 Å². The van der Waals surface area contributed by atoms with Crippen molar-refractivity contribution in [3.05, 3.63) is 5.28 Å². The third-order valence-corrected chi connectivity index (χ3v) is 4.61. The third-order valence-electron chi connectivity index (χ3n) is 4.44. The van der Waals surface area contributed by atoms with Gasteiger partial charge in [0.1, 0.15) is 0 Å². The second-order valence-electron chi connectivity index (χ2n) is 5.90. The smallest absolute Gasteiger partial charge is 0.231 e. The molecule has 2 atom stereocenters. The summed E-state index contributed by atoms with van der Waals surface area (Å²) in [5, 5.41) is 13.0. The van der Waals surface area contributed by atoms with E-state index in [0.29, 0.717) is 11.9 Å². The molecule has 21 heavy (non-hydrogen) atoms. The molecule has 7 heteroatoms. The number of aliphatic hydroxyl groups is 1. The van der Waals surface area contributed by atoms with E-state index < -0.39 is 0 Å². The van der Waals surface area contributed by atoms with Crippen LogP contribution >= 0.6 is 11.6 Å². The lowest BCUT2D eigenvalue weighted by molar-refractivity contribution is 0.222. The molecule has 1 aromatic rings. The fraction of sp³-hybridized carbons (Fsp3) is 0.786. The Morgan fingerprint density at radius 2 is 1.90 bits per heavy atom. The Labute approximate surface area is 130 Å². The lowest BCUT2D eigenvalue weighted by atomic mass is 10.1. The summed E-state index contributed by atoms with van der Waals surface area (Å²) in [7, 11) is 0. The van der Waals surface area contributed by atoms with E-state index in [1.54, 1.807) is 0 Å². The number of hydrogen-bond donors (Lipinski definition) is 2. The topological polar surface area (TPSA) is 74.2 Å². The monoisotopic (exact) mass is 311 g/mol. The van der Waals surface area contributed by atoms with E-state index in [4.69, 9.17) is 11.6 Å².